The molecule has 0 amide bonds. The van der Waals surface area contributed by atoms with Crippen LogP contribution in [0.4, 0.5) is 5.95 Å². The van der Waals surface area contributed by atoms with Gasteiger partial charge in [0.2, 0.25) is 21.9 Å². The lowest BCUT2D eigenvalue weighted by Crippen LogP contribution is -2.27. The van der Waals surface area contributed by atoms with Crippen LogP contribution in [0.5, 0.6) is 5.88 Å². The Labute approximate surface area is 189 Å². The van der Waals surface area contributed by atoms with Crippen molar-refractivity contribution in [3.63, 3.8) is 0 Å². The van der Waals surface area contributed by atoms with Crippen molar-refractivity contribution in [2.45, 2.75) is 4.90 Å². The summed E-state index contributed by atoms with van der Waals surface area (Å²) in [5, 5.41) is 9.28. The second-order valence-electron chi connectivity index (χ2n) is 7.03. The third-order valence-corrected chi connectivity index (χ3v) is 6.40. The van der Waals surface area contributed by atoms with E-state index in [0.29, 0.717) is 27.7 Å². The molecular weight excluding hydrogens is 446 g/mol. The molecule has 0 spiro atoms. The van der Waals surface area contributed by atoms with E-state index in [-0.39, 0.29) is 35.4 Å². The Bertz CT molecular complexity index is 1490. The van der Waals surface area contributed by atoms with Crippen LogP contribution in [0.15, 0.2) is 70.5 Å². The molecule has 0 bridgehead atoms. The first-order valence-electron chi connectivity index (χ1n) is 9.88. The number of hydrogen-bond donors (Lipinski definition) is 3. The molecule has 0 saturated carbocycles. The van der Waals surface area contributed by atoms with Crippen molar-refractivity contribution in [3.05, 3.63) is 71.1 Å². The fourth-order valence-corrected chi connectivity index (χ4v) is 4.57. The van der Waals surface area contributed by atoms with E-state index in [1.165, 1.54) is 23.9 Å². The second-order valence-corrected chi connectivity index (χ2v) is 8.77. The van der Waals surface area contributed by atoms with Gasteiger partial charge >= 0.3 is 0 Å². The van der Waals surface area contributed by atoms with Crippen molar-refractivity contribution < 1.29 is 18.3 Å². The molecule has 4 N–H and O–H groups in total. The number of fused-ring (bicyclic) bond motifs is 1. The van der Waals surface area contributed by atoms with Gasteiger partial charge in [-0.25, -0.2) is 27.7 Å². The topological polar surface area (TPSA) is 149 Å². The average molecular weight is 468 g/mol. The van der Waals surface area contributed by atoms with Gasteiger partial charge in [-0.3, -0.25) is 4.79 Å². The van der Waals surface area contributed by atoms with Gasteiger partial charge in [-0.1, -0.05) is 24.3 Å². The van der Waals surface area contributed by atoms with Crippen molar-refractivity contribution in [2.24, 2.45) is 0 Å². The van der Waals surface area contributed by atoms with Crippen LogP contribution in [-0.4, -0.2) is 48.3 Å². The van der Waals surface area contributed by atoms with Gasteiger partial charge in [-0.15, -0.1) is 0 Å². The highest BCUT2D eigenvalue weighted by atomic mass is 32.2. The van der Waals surface area contributed by atoms with Crippen LogP contribution in [0.3, 0.4) is 0 Å². The van der Waals surface area contributed by atoms with Crippen molar-refractivity contribution >= 4 is 26.9 Å². The van der Waals surface area contributed by atoms with Gasteiger partial charge in [-0.2, -0.15) is 0 Å². The van der Waals surface area contributed by atoms with Crippen molar-refractivity contribution in [3.8, 4) is 22.7 Å². The van der Waals surface area contributed by atoms with Crippen LogP contribution in [0.25, 0.3) is 27.7 Å². The summed E-state index contributed by atoms with van der Waals surface area (Å²) in [6, 6.07) is 15.3. The molecule has 0 atom stereocenters. The van der Waals surface area contributed by atoms with Gasteiger partial charge in [-0.05, 0) is 35.9 Å². The number of nitrogens with one attached hydrogen (secondary N) is 1. The van der Waals surface area contributed by atoms with Gasteiger partial charge in [0.25, 0.3) is 5.56 Å². The molecule has 10 nitrogen and oxygen atoms in total. The predicted octanol–water partition coefficient (Wildman–Crippen LogP) is 1.31. The molecule has 0 radical (unpaired) electrons. The highest BCUT2D eigenvalue weighted by Gasteiger charge is 2.22. The van der Waals surface area contributed by atoms with Gasteiger partial charge in [0, 0.05) is 18.3 Å². The lowest BCUT2D eigenvalue weighted by molar-refractivity contribution is 0.300. The van der Waals surface area contributed by atoms with Crippen LogP contribution < -0.4 is 20.8 Å². The summed E-state index contributed by atoms with van der Waals surface area (Å²) in [6.07, 6.45) is 1.45. The lowest BCUT2D eigenvalue weighted by Gasteiger charge is -2.13. The van der Waals surface area contributed by atoms with E-state index in [1.807, 2.05) is 6.07 Å². The van der Waals surface area contributed by atoms with Crippen LogP contribution in [0.1, 0.15) is 0 Å². The van der Waals surface area contributed by atoms with Gasteiger partial charge in [0.05, 0.1) is 30.3 Å². The van der Waals surface area contributed by atoms with Crippen LogP contribution in [-0.2, 0) is 10.0 Å². The number of rotatable bonds is 7. The van der Waals surface area contributed by atoms with Crippen molar-refractivity contribution in [1.82, 2.24) is 19.3 Å². The van der Waals surface area contributed by atoms with Gasteiger partial charge in [0.15, 0.2) is 0 Å². The number of sulfonamides is 1. The maximum Gasteiger partial charge on any atom is 0.267 e. The first kappa shape index (κ1) is 22.4. The molecule has 2 aromatic heterocycles. The number of hydrogen-bond acceptors (Lipinski definition) is 8. The van der Waals surface area contributed by atoms with Crippen LogP contribution in [0, 0.1) is 0 Å². The monoisotopic (exact) mass is 467 g/mol. The molecule has 2 aromatic carbocycles. The number of nitrogen functional groups attached to an aromatic ring is 1. The Morgan fingerprint density at radius 1 is 1.12 bits per heavy atom. The zero-order valence-electron chi connectivity index (χ0n) is 17.6. The molecule has 2 heterocycles. The quantitative estimate of drug-likeness (QED) is 0.368. The number of nitrogens with zero attached hydrogens (tertiary/aromatic N) is 3. The summed E-state index contributed by atoms with van der Waals surface area (Å²) in [5.41, 5.74) is 7.68. The highest BCUT2D eigenvalue weighted by molar-refractivity contribution is 7.89. The molecule has 0 aliphatic carbocycles. The summed E-state index contributed by atoms with van der Waals surface area (Å²) in [6.45, 7) is -0.513. The molecular formula is C22H21N5O5S. The smallest absolute Gasteiger partial charge is 0.267 e. The van der Waals surface area contributed by atoms with Crippen LogP contribution >= 0.6 is 0 Å². The molecule has 0 fully saturated rings. The molecule has 0 aliphatic heterocycles. The Kier molecular flexibility index (Phi) is 6.09. The van der Waals surface area contributed by atoms with Crippen molar-refractivity contribution in [2.75, 3.05) is 26.0 Å². The minimum absolute atomic E-state index is 0.0564. The normalized spacial score (nSPS) is 11.6. The predicted molar refractivity (Wildman–Crippen MR) is 124 cm³/mol. The zero-order chi connectivity index (χ0) is 23.6. The zero-order valence-corrected chi connectivity index (χ0v) is 18.4. The number of aromatic nitrogens is 3. The number of anilines is 1. The first-order valence-corrected chi connectivity index (χ1v) is 11.4. The Balaban J connectivity index is 1.87. The molecule has 4 aromatic rings. The van der Waals surface area contributed by atoms with E-state index < -0.39 is 10.0 Å². The summed E-state index contributed by atoms with van der Waals surface area (Å²) in [4.78, 5) is 21.5. The molecule has 33 heavy (non-hydrogen) atoms. The molecule has 0 unspecified atom stereocenters. The number of benzene rings is 2. The first-order chi connectivity index (χ1) is 15.9. The third-order valence-electron chi connectivity index (χ3n) is 4.95. The molecule has 11 heteroatoms. The largest absolute Gasteiger partial charge is 0.480 e. The minimum Gasteiger partial charge on any atom is -0.480 e. The fraction of sp³-hybridized carbons (Fsp3) is 0.136. The Hall–Kier alpha value is -3.80. The molecule has 0 aliphatic rings. The molecule has 170 valence electrons. The number of para-hydroxylation sites is 1. The third kappa shape index (κ3) is 4.29. The van der Waals surface area contributed by atoms with Crippen LogP contribution in [0.2, 0.25) is 0 Å². The summed E-state index contributed by atoms with van der Waals surface area (Å²) >= 11 is 0. The van der Waals surface area contributed by atoms with E-state index in [9.17, 15) is 13.2 Å². The second kappa shape index (κ2) is 8.98. The Morgan fingerprint density at radius 2 is 1.88 bits per heavy atom. The van der Waals surface area contributed by atoms with Crippen molar-refractivity contribution in [1.29, 1.82) is 0 Å². The van der Waals surface area contributed by atoms with E-state index in [1.54, 1.807) is 42.5 Å². The van der Waals surface area contributed by atoms with E-state index in [2.05, 4.69) is 14.7 Å². The summed E-state index contributed by atoms with van der Waals surface area (Å²) in [5.74, 6) is -0.0354. The number of aliphatic hydroxyl groups excluding tert-OH is 1. The summed E-state index contributed by atoms with van der Waals surface area (Å²) < 4.78 is 34.0. The maximum absolute atomic E-state index is 13.3. The number of ether oxygens (including phenoxy) is 1. The Morgan fingerprint density at radius 3 is 2.58 bits per heavy atom. The van der Waals surface area contributed by atoms with E-state index in [0.717, 1.165) is 0 Å². The number of methoxy groups -OCH3 is 1. The van der Waals surface area contributed by atoms with E-state index in [4.69, 9.17) is 15.6 Å². The number of aliphatic hydroxyl groups is 1. The standard InChI is InChI=1S/C22H21N5O5S/c1-32-20-19(33(30,31)25-9-10-28)12-15(13-24-20)14-7-8-18-17(11-14)21(29)27(22(23)26-18)16-5-3-2-4-6-16/h2-8,11-13,25,28H,9-10H2,1H3,(H2,23,26). The van der Waals surface area contributed by atoms with Gasteiger partial charge in [0.1, 0.15) is 4.90 Å². The highest BCUT2D eigenvalue weighted by Crippen LogP contribution is 2.29. The summed E-state index contributed by atoms with van der Waals surface area (Å²) in [7, 11) is -2.68. The van der Waals surface area contributed by atoms with Gasteiger partial charge < -0.3 is 15.6 Å². The SMILES string of the molecule is COc1ncc(-c2ccc3nc(N)n(-c4ccccc4)c(=O)c3c2)cc1S(=O)(=O)NCCO. The molecule has 4 rings (SSSR count). The minimum atomic E-state index is -3.99. The lowest BCUT2D eigenvalue weighted by atomic mass is 10.1. The number of pyridine rings is 1. The molecule has 0 saturated heterocycles. The van der Waals surface area contributed by atoms with E-state index >= 15 is 0 Å². The fourth-order valence-electron chi connectivity index (χ4n) is 3.40. The maximum atomic E-state index is 13.3. The number of nitrogens with two attached hydrogens (primary N) is 1. The average Bonchev–Trinajstić information content (AvgIpc) is 2.83.